The average molecular weight is 930 g/mol. The quantitative estimate of drug-likeness (QED) is 0.128. The van der Waals surface area contributed by atoms with Crippen LogP contribution < -0.4 is 74.7 Å². The Morgan fingerprint density at radius 1 is 0.321 bits per heavy atom. The minimum Gasteiger partial charge on any atom is -0.672 e. The van der Waals surface area contributed by atoms with Crippen molar-refractivity contribution in [2.45, 2.75) is 55.3 Å². The Hall–Kier alpha value is -3.38. The van der Waals surface area contributed by atoms with Gasteiger partial charge in [0.2, 0.25) is 0 Å². The second-order valence-corrected chi connectivity index (χ2v) is 9.50. The molecule has 0 bridgehead atoms. The van der Waals surface area contributed by atoms with Gasteiger partial charge < -0.3 is 147 Å². The molecule has 0 amide bonds. The first kappa shape index (κ1) is 80.9. The molecule has 0 aromatic carbocycles. The standard InChI is InChI=1S/3C6H8O7.5Al.3O3Si/c3*7-3(8)1-6(13,5(11)12)2-4(9)10;;;;;;3*1-4(2)3/h3*13H,1-2H2,(H,7,8)(H,9,10)(H,11,12);;;;;;;;/q;;;5*+3;3*-2/p-9. The number of hydrogen-bond donors (Lipinski definition) is 3. The van der Waals surface area contributed by atoms with Crippen molar-refractivity contribution in [3.05, 3.63) is 0 Å². The summed E-state index contributed by atoms with van der Waals surface area (Å²) in [5.41, 5.74) is -8.92. The Kier molecular flexibility index (Phi) is 59.6. The number of carboxylic acids is 9. The van der Waals surface area contributed by atoms with Crippen molar-refractivity contribution >= 4 is 168 Å². The van der Waals surface area contributed by atoms with Crippen LogP contribution >= 0.6 is 0 Å². The number of hydrogen-bond acceptors (Lipinski definition) is 30. The number of carboxylic acid groups (broad SMARTS) is 9. The van der Waals surface area contributed by atoms with Crippen LogP contribution in [0.1, 0.15) is 38.5 Å². The van der Waals surface area contributed by atoms with E-state index in [1.807, 2.05) is 0 Å². The van der Waals surface area contributed by atoms with E-state index in [4.69, 9.17) is 57.5 Å². The van der Waals surface area contributed by atoms with E-state index in [0.717, 1.165) is 0 Å². The van der Waals surface area contributed by atoms with Gasteiger partial charge in [0, 0.05) is 102 Å². The zero-order valence-electron chi connectivity index (χ0n) is 27.0. The van der Waals surface area contributed by atoms with Crippen molar-refractivity contribution in [3.63, 3.8) is 0 Å². The molecule has 294 valence electrons. The van der Waals surface area contributed by atoms with E-state index < -0.39 is 137 Å². The maximum Gasteiger partial charge on any atom is 3.00 e. The molecule has 0 heterocycles. The maximum absolute atomic E-state index is 10.1. The van der Waals surface area contributed by atoms with Crippen LogP contribution in [0.2, 0.25) is 0 Å². The van der Waals surface area contributed by atoms with E-state index in [2.05, 4.69) is 0 Å². The smallest absolute Gasteiger partial charge is 0.672 e. The van der Waals surface area contributed by atoms with E-state index in [1.165, 1.54) is 0 Å². The average Bonchev–Trinajstić information content (AvgIpc) is 2.80. The molecule has 0 fully saturated rings. The zero-order chi connectivity index (χ0) is 42.7. The maximum atomic E-state index is 10.1. The number of aliphatic carboxylic acids is 9. The molecular formula is C18H15Al5O30Si3. The van der Waals surface area contributed by atoms with E-state index in [1.54, 1.807) is 0 Å². The molecule has 0 aromatic rings. The van der Waals surface area contributed by atoms with Gasteiger partial charge >= 0.3 is 86.8 Å². The Bertz CT molecular complexity index is 1080. The topological polar surface area (TPSA) is 611 Å². The third kappa shape index (κ3) is 62.6. The van der Waals surface area contributed by atoms with Gasteiger partial charge in [0.25, 0.3) is 0 Å². The predicted molar refractivity (Wildman–Crippen MR) is 136 cm³/mol. The first-order chi connectivity index (χ1) is 22.5. The van der Waals surface area contributed by atoms with Crippen LogP contribution in [0.15, 0.2) is 0 Å². The Morgan fingerprint density at radius 2 is 0.393 bits per heavy atom. The summed E-state index contributed by atoms with van der Waals surface area (Å²) >= 11 is 0. The Labute approximate surface area is 367 Å². The number of rotatable bonds is 15. The molecule has 0 spiro atoms. The summed E-state index contributed by atoms with van der Waals surface area (Å²) in [6.07, 6.45) is -8.15. The Balaban J connectivity index is -0.0000000505. The first-order valence-electron chi connectivity index (χ1n) is 11.2. The van der Waals surface area contributed by atoms with Crippen molar-refractivity contribution in [1.82, 2.24) is 0 Å². The van der Waals surface area contributed by atoms with Crippen LogP contribution in [0.4, 0.5) is 0 Å². The summed E-state index contributed by atoms with van der Waals surface area (Å²) in [6.45, 7) is 0. The van der Waals surface area contributed by atoms with Crippen molar-refractivity contribution in [3.8, 4) is 0 Å². The van der Waals surface area contributed by atoms with Gasteiger partial charge in [-0.2, -0.15) is 0 Å². The van der Waals surface area contributed by atoms with Crippen LogP contribution in [0, 0.1) is 0 Å². The third-order valence-corrected chi connectivity index (χ3v) is 3.76. The van der Waals surface area contributed by atoms with E-state index >= 15 is 0 Å². The number of carbonyl (C=O) groups excluding carboxylic acids is 9. The van der Waals surface area contributed by atoms with Gasteiger partial charge in [0.15, 0.2) is 0 Å². The fraction of sp³-hybridized carbons (Fsp3) is 0.500. The molecule has 3 N–H and O–H groups in total. The molecule has 0 rings (SSSR count). The molecule has 0 aromatic heterocycles. The second-order valence-electron chi connectivity index (χ2n) is 8.00. The molecule has 30 nitrogen and oxygen atoms in total. The minimum absolute atomic E-state index is 0. The molecule has 0 aliphatic heterocycles. The van der Waals surface area contributed by atoms with E-state index in [0.29, 0.717) is 0 Å². The SMILES string of the molecule is O=C([O-])CC(O)(CC(=O)[O-])C(=O)[O-].O=C([O-])CC(O)(CC(=O)[O-])C(=O)[O-].O=C([O-])CC(O)(CC(=O)[O-])C(=O)[O-].O=[Si]([O-])[O-].O=[Si]([O-])[O-].O=[Si]([O-])[O-].[Al+3].[Al+3].[Al+3].[Al+3].[Al+3]. The van der Waals surface area contributed by atoms with Gasteiger partial charge in [-0.1, -0.05) is 0 Å². The number of carbonyl (C=O) groups is 9. The fourth-order valence-electron chi connectivity index (χ4n) is 2.05. The Morgan fingerprint density at radius 3 is 0.429 bits per heavy atom. The monoisotopic (exact) mass is 930 g/mol. The molecule has 0 atom stereocenters. The van der Waals surface area contributed by atoms with Crippen molar-refractivity contribution < 1.29 is 147 Å². The van der Waals surface area contributed by atoms with Gasteiger partial charge in [-0.15, -0.1) is 0 Å². The van der Waals surface area contributed by atoms with Gasteiger partial charge in [-0.05, 0) is 0 Å². The van der Waals surface area contributed by atoms with E-state index in [9.17, 15) is 89.1 Å². The van der Waals surface area contributed by atoms with Crippen LogP contribution in [-0.4, -0.2) is 200 Å². The molecule has 0 aliphatic rings. The third-order valence-electron chi connectivity index (χ3n) is 3.76. The van der Waals surface area contributed by atoms with Gasteiger partial charge in [-0.3, -0.25) is 0 Å². The summed E-state index contributed by atoms with van der Waals surface area (Å²) in [7, 11) is -10.9. The van der Waals surface area contributed by atoms with Crippen LogP contribution in [0.25, 0.3) is 0 Å². The van der Waals surface area contributed by atoms with Crippen LogP contribution in [0.5, 0.6) is 0 Å². The van der Waals surface area contributed by atoms with Crippen LogP contribution in [-0.2, 0) is 56.5 Å². The normalized spacial score (nSPS) is 8.84. The molecule has 0 saturated heterocycles. The summed E-state index contributed by atoms with van der Waals surface area (Å²) in [5, 5.41) is 117. The fourth-order valence-corrected chi connectivity index (χ4v) is 2.05. The van der Waals surface area contributed by atoms with Gasteiger partial charge in [-0.25, -0.2) is 0 Å². The number of aliphatic hydroxyl groups is 3. The zero-order valence-corrected chi connectivity index (χ0v) is 35.8. The molecule has 0 aliphatic carbocycles. The molecule has 0 radical (unpaired) electrons. The molecule has 0 unspecified atom stereocenters. The first-order valence-corrected chi connectivity index (χ1v) is 14.8. The van der Waals surface area contributed by atoms with Crippen molar-refractivity contribution in [2.75, 3.05) is 0 Å². The molecule has 0 saturated carbocycles. The predicted octanol–water partition coefficient (Wildman–Crippen LogP) is -26.3. The van der Waals surface area contributed by atoms with Gasteiger partial charge in [0.1, 0.15) is 16.8 Å². The summed E-state index contributed by atoms with van der Waals surface area (Å²) < 4.78 is 25.6. The van der Waals surface area contributed by atoms with Gasteiger partial charge in [0.05, 0.1) is 17.9 Å². The largest absolute Gasteiger partial charge is 3.00 e. The summed E-state index contributed by atoms with van der Waals surface area (Å²) in [6, 6.07) is 0. The minimum atomic E-state index is -3.63. The van der Waals surface area contributed by atoms with Crippen LogP contribution in [0.3, 0.4) is 0 Å². The molecule has 38 heteroatoms. The van der Waals surface area contributed by atoms with Crippen molar-refractivity contribution in [2.24, 2.45) is 0 Å². The van der Waals surface area contributed by atoms with E-state index in [-0.39, 0.29) is 86.8 Å². The summed E-state index contributed by atoms with van der Waals surface area (Å²) in [5.74, 6) is -18.0. The molecular weight excluding hydrogens is 915 g/mol. The summed E-state index contributed by atoms with van der Waals surface area (Å²) in [4.78, 5) is 141. The second kappa shape index (κ2) is 41.3. The van der Waals surface area contributed by atoms with Crippen molar-refractivity contribution in [1.29, 1.82) is 0 Å². The molecule has 56 heavy (non-hydrogen) atoms.